The molecule has 2 N–H and O–H groups in total. The Hall–Kier alpha value is -2.00. The molecule has 0 atom stereocenters. The van der Waals surface area contributed by atoms with Crippen LogP contribution in [0.2, 0.25) is 0 Å². The summed E-state index contributed by atoms with van der Waals surface area (Å²) in [5.74, 6) is 1.47. The van der Waals surface area contributed by atoms with Gasteiger partial charge in [-0.05, 0) is 49.1 Å². The zero-order valence-electron chi connectivity index (χ0n) is 15.3. The van der Waals surface area contributed by atoms with Gasteiger partial charge >= 0.3 is 0 Å². The first-order valence-corrected chi connectivity index (χ1v) is 8.85. The molecule has 0 fully saturated rings. The minimum Gasteiger partial charge on any atom is -0.491 e. The number of rotatable bonds is 9. The van der Waals surface area contributed by atoms with Crippen molar-refractivity contribution in [3.63, 3.8) is 0 Å². The topological polar surface area (TPSA) is 33.3 Å². The molecule has 24 heavy (non-hydrogen) atoms. The zero-order chi connectivity index (χ0) is 17.4. The number of ether oxygens (including phenoxy) is 1. The van der Waals surface area contributed by atoms with Crippen LogP contribution in [0, 0.1) is 0 Å². The Balaban J connectivity index is 1.72. The third-order valence-corrected chi connectivity index (χ3v) is 3.82. The SMILES string of the molecule is CC(C)Oc1ccc(CNCCNc2ccccc2C(C)C)cc1. The van der Waals surface area contributed by atoms with Gasteiger partial charge < -0.3 is 15.4 Å². The largest absolute Gasteiger partial charge is 0.491 e. The van der Waals surface area contributed by atoms with E-state index in [2.05, 4.69) is 60.9 Å². The van der Waals surface area contributed by atoms with Gasteiger partial charge in [0.1, 0.15) is 5.75 Å². The highest BCUT2D eigenvalue weighted by molar-refractivity contribution is 5.52. The van der Waals surface area contributed by atoms with E-state index in [1.807, 2.05) is 26.0 Å². The van der Waals surface area contributed by atoms with Gasteiger partial charge in [-0.25, -0.2) is 0 Å². The summed E-state index contributed by atoms with van der Waals surface area (Å²) in [7, 11) is 0. The van der Waals surface area contributed by atoms with Gasteiger partial charge in [0.15, 0.2) is 0 Å². The molecule has 0 spiro atoms. The molecule has 0 aliphatic carbocycles. The van der Waals surface area contributed by atoms with E-state index in [0.717, 1.165) is 25.4 Å². The number of benzene rings is 2. The summed E-state index contributed by atoms with van der Waals surface area (Å²) >= 11 is 0. The lowest BCUT2D eigenvalue weighted by molar-refractivity contribution is 0.242. The van der Waals surface area contributed by atoms with Gasteiger partial charge in [-0.3, -0.25) is 0 Å². The van der Waals surface area contributed by atoms with Gasteiger partial charge in [-0.15, -0.1) is 0 Å². The maximum Gasteiger partial charge on any atom is 0.119 e. The van der Waals surface area contributed by atoms with Crippen molar-refractivity contribution < 1.29 is 4.74 Å². The van der Waals surface area contributed by atoms with Gasteiger partial charge in [-0.1, -0.05) is 44.2 Å². The van der Waals surface area contributed by atoms with Crippen LogP contribution in [-0.4, -0.2) is 19.2 Å². The van der Waals surface area contributed by atoms with Crippen molar-refractivity contribution in [1.82, 2.24) is 5.32 Å². The van der Waals surface area contributed by atoms with Crippen molar-refractivity contribution in [1.29, 1.82) is 0 Å². The summed E-state index contributed by atoms with van der Waals surface area (Å²) in [6, 6.07) is 16.8. The second-order valence-corrected chi connectivity index (χ2v) is 6.66. The lowest BCUT2D eigenvalue weighted by atomic mass is 10.0. The molecule has 2 rings (SSSR count). The molecule has 0 unspecified atom stereocenters. The van der Waals surface area contributed by atoms with Crippen LogP contribution in [0.3, 0.4) is 0 Å². The van der Waals surface area contributed by atoms with Crippen LogP contribution in [-0.2, 0) is 6.54 Å². The van der Waals surface area contributed by atoms with E-state index >= 15 is 0 Å². The van der Waals surface area contributed by atoms with Gasteiger partial charge in [0.05, 0.1) is 6.10 Å². The molecule has 0 saturated heterocycles. The molecule has 0 heterocycles. The van der Waals surface area contributed by atoms with Crippen LogP contribution in [0.5, 0.6) is 5.75 Å². The molecule has 130 valence electrons. The number of anilines is 1. The highest BCUT2D eigenvalue weighted by atomic mass is 16.5. The smallest absolute Gasteiger partial charge is 0.119 e. The Morgan fingerprint density at radius 1 is 0.875 bits per heavy atom. The summed E-state index contributed by atoms with van der Waals surface area (Å²) < 4.78 is 5.66. The average molecular weight is 326 g/mol. The highest BCUT2D eigenvalue weighted by Gasteiger charge is 2.04. The van der Waals surface area contributed by atoms with Crippen LogP contribution in [0.1, 0.15) is 44.7 Å². The van der Waals surface area contributed by atoms with E-state index in [0.29, 0.717) is 5.92 Å². The van der Waals surface area contributed by atoms with Gasteiger partial charge in [-0.2, -0.15) is 0 Å². The van der Waals surface area contributed by atoms with E-state index in [4.69, 9.17) is 4.74 Å². The summed E-state index contributed by atoms with van der Waals surface area (Å²) in [6.07, 6.45) is 0.216. The predicted molar refractivity (Wildman–Crippen MR) is 103 cm³/mol. The monoisotopic (exact) mass is 326 g/mol. The third-order valence-electron chi connectivity index (χ3n) is 3.82. The summed E-state index contributed by atoms with van der Waals surface area (Å²) in [5, 5.41) is 7.01. The molecule has 0 aliphatic rings. The Labute approximate surface area is 146 Å². The van der Waals surface area contributed by atoms with Gasteiger partial charge in [0.2, 0.25) is 0 Å². The van der Waals surface area contributed by atoms with E-state index in [1.165, 1.54) is 16.8 Å². The molecule has 3 nitrogen and oxygen atoms in total. The number of hydrogen-bond donors (Lipinski definition) is 2. The van der Waals surface area contributed by atoms with E-state index in [1.54, 1.807) is 0 Å². The van der Waals surface area contributed by atoms with Crippen LogP contribution in [0.15, 0.2) is 48.5 Å². The summed E-state index contributed by atoms with van der Waals surface area (Å²) in [4.78, 5) is 0. The average Bonchev–Trinajstić information content (AvgIpc) is 2.56. The Morgan fingerprint density at radius 3 is 2.25 bits per heavy atom. The fraction of sp³-hybridized carbons (Fsp3) is 0.429. The fourth-order valence-electron chi connectivity index (χ4n) is 2.64. The summed E-state index contributed by atoms with van der Waals surface area (Å²) in [5.41, 5.74) is 3.89. The molecule has 3 heteroatoms. The van der Waals surface area contributed by atoms with Gasteiger partial charge in [0.25, 0.3) is 0 Å². The van der Waals surface area contributed by atoms with Crippen molar-refractivity contribution in [3.05, 3.63) is 59.7 Å². The lowest BCUT2D eigenvalue weighted by Gasteiger charge is -2.15. The van der Waals surface area contributed by atoms with Crippen LogP contribution < -0.4 is 15.4 Å². The number of nitrogens with one attached hydrogen (secondary N) is 2. The van der Waals surface area contributed by atoms with Crippen LogP contribution in [0.4, 0.5) is 5.69 Å². The van der Waals surface area contributed by atoms with Crippen LogP contribution in [0.25, 0.3) is 0 Å². The predicted octanol–water partition coefficient (Wildman–Crippen LogP) is 4.80. The maximum absolute atomic E-state index is 5.66. The van der Waals surface area contributed by atoms with Crippen molar-refractivity contribution in [2.24, 2.45) is 0 Å². The first-order chi connectivity index (χ1) is 11.6. The number of hydrogen-bond acceptors (Lipinski definition) is 3. The normalized spacial score (nSPS) is 11.1. The molecule has 0 aromatic heterocycles. The first-order valence-electron chi connectivity index (χ1n) is 8.85. The molecular formula is C21H30N2O. The summed E-state index contributed by atoms with van der Waals surface area (Å²) in [6.45, 7) is 11.3. The molecule has 0 amide bonds. The Kier molecular flexibility index (Phi) is 7.13. The zero-order valence-corrected chi connectivity index (χ0v) is 15.3. The Bertz CT molecular complexity index is 605. The van der Waals surface area contributed by atoms with E-state index in [-0.39, 0.29) is 6.10 Å². The second-order valence-electron chi connectivity index (χ2n) is 6.66. The van der Waals surface area contributed by atoms with E-state index in [9.17, 15) is 0 Å². The lowest BCUT2D eigenvalue weighted by Crippen LogP contribution is -2.22. The molecule has 0 radical (unpaired) electrons. The molecule has 2 aromatic carbocycles. The van der Waals surface area contributed by atoms with Crippen molar-refractivity contribution in [2.45, 2.75) is 46.3 Å². The Morgan fingerprint density at radius 2 is 1.58 bits per heavy atom. The highest BCUT2D eigenvalue weighted by Crippen LogP contribution is 2.23. The van der Waals surface area contributed by atoms with Crippen molar-refractivity contribution in [2.75, 3.05) is 18.4 Å². The quantitative estimate of drug-likeness (QED) is 0.649. The molecule has 0 aliphatic heterocycles. The number of para-hydroxylation sites is 1. The maximum atomic E-state index is 5.66. The first kappa shape index (κ1) is 18.3. The second kappa shape index (κ2) is 9.33. The molecule has 2 aromatic rings. The van der Waals surface area contributed by atoms with Crippen LogP contribution >= 0.6 is 0 Å². The molecular weight excluding hydrogens is 296 g/mol. The molecule has 0 bridgehead atoms. The van der Waals surface area contributed by atoms with Crippen molar-refractivity contribution >= 4 is 5.69 Å². The van der Waals surface area contributed by atoms with Crippen molar-refractivity contribution in [3.8, 4) is 5.75 Å². The third kappa shape index (κ3) is 5.89. The standard InChI is InChI=1S/C21H30N2O/c1-16(2)20-7-5-6-8-21(20)23-14-13-22-15-18-9-11-19(12-10-18)24-17(3)4/h5-12,16-17,22-23H,13-15H2,1-4H3. The molecule has 0 saturated carbocycles. The van der Waals surface area contributed by atoms with E-state index < -0.39 is 0 Å². The minimum absolute atomic E-state index is 0.216. The minimum atomic E-state index is 0.216. The van der Waals surface area contributed by atoms with Gasteiger partial charge in [0, 0.05) is 25.3 Å². The fourth-order valence-corrected chi connectivity index (χ4v) is 2.64.